The number of hydrogen-bond acceptors (Lipinski definition) is 5. The van der Waals surface area contributed by atoms with Crippen LogP contribution in [0.3, 0.4) is 0 Å². The van der Waals surface area contributed by atoms with Crippen molar-refractivity contribution in [2.24, 2.45) is 0 Å². The third-order valence-electron chi connectivity index (χ3n) is 2.78. The number of hydrogen-bond donors (Lipinski definition) is 1. The Bertz CT molecular complexity index is 796. The molecule has 0 saturated carbocycles. The van der Waals surface area contributed by atoms with Crippen molar-refractivity contribution in [3.8, 4) is 17.6 Å². The van der Waals surface area contributed by atoms with E-state index in [1.165, 1.54) is 12.3 Å². The van der Waals surface area contributed by atoms with Gasteiger partial charge in [-0.05, 0) is 36.4 Å². The zero-order valence-corrected chi connectivity index (χ0v) is 10.7. The fourth-order valence-electron chi connectivity index (χ4n) is 1.74. The summed E-state index contributed by atoms with van der Waals surface area (Å²) in [4.78, 5) is 12.0. The molecular weight excluding hydrogens is 270 g/mol. The number of nitriles is 1. The molecule has 0 spiro atoms. The van der Waals surface area contributed by atoms with Crippen molar-refractivity contribution >= 4 is 11.6 Å². The molecule has 3 rings (SSSR count). The number of carbonyl (C=O) groups excluding carboxylic acids is 1. The first-order valence-electron chi connectivity index (χ1n) is 6.08. The number of aromatic nitrogens is 1. The Kier molecular flexibility index (Phi) is 3.23. The molecule has 0 aliphatic heterocycles. The standard InChI is InChI=1S/C15H9N3O3/c16-9-10-3-5-11(6-4-10)17-15(19)12-8-14(21-18-12)13-2-1-7-20-13/h1-8H,(H,17,19). The van der Waals surface area contributed by atoms with Gasteiger partial charge in [0.1, 0.15) is 0 Å². The van der Waals surface area contributed by atoms with Gasteiger partial charge < -0.3 is 14.3 Å². The van der Waals surface area contributed by atoms with E-state index >= 15 is 0 Å². The van der Waals surface area contributed by atoms with Crippen molar-refractivity contribution < 1.29 is 13.7 Å². The van der Waals surface area contributed by atoms with Gasteiger partial charge in [-0.25, -0.2) is 0 Å². The van der Waals surface area contributed by atoms with Gasteiger partial charge in [0.2, 0.25) is 5.76 Å². The number of amides is 1. The minimum Gasteiger partial charge on any atom is -0.461 e. The Balaban J connectivity index is 1.75. The maximum absolute atomic E-state index is 12.0. The smallest absolute Gasteiger partial charge is 0.277 e. The van der Waals surface area contributed by atoms with Crippen molar-refractivity contribution in [3.05, 3.63) is 60.0 Å². The molecule has 0 atom stereocenters. The molecule has 1 amide bonds. The number of nitrogens with one attached hydrogen (secondary N) is 1. The average molecular weight is 279 g/mol. The number of benzene rings is 1. The number of nitrogens with zero attached hydrogens (tertiary/aromatic N) is 2. The molecule has 0 radical (unpaired) electrons. The van der Waals surface area contributed by atoms with E-state index in [0.29, 0.717) is 22.8 Å². The molecule has 21 heavy (non-hydrogen) atoms. The summed E-state index contributed by atoms with van der Waals surface area (Å²) in [5.41, 5.74) is 1.24. The molecule has 0 bridgehead atoms. The van der Waals surface area contributed by atoms with E-state index < -0.39 is 5.91 Å². The lowest BCUT2D eigenvalue weighted by molar-refractivity contribution is 0.101. The highest BCUT2D eigenvalue weighted by molar-refractivity contribution is 6.03. The number of rotatable bonds is 3. The SMILES string of the molecule is N#Cc1ccc(NC(=O)c2cc(-c3ccco3)on2)cc1. The summed E-state index contributed by atoms with van der Waals surface area (Å²) < 4.78 is 10.2. The largest absolute Gasteiger partial charge is 0.461 e. The second-order valence-corrected chi connectivity index (χ2v) is 4.20. The van der Waals surface area contributed by atoms with Gasteiger partial charge in [-0.2, -0.15) is 5.26 Å². The van der Waals surface area contributed by atoms with Gasteiger partial charge in [0.15, 0.2) is 11.5 Å². The normalized spacial score (nSPS) is 10.0. The van der Waals surface area contributed by atoms with E-state index in [4.69, 9.17) is 14.2 Å². The fraction of sp³-hybridized carbons (Fsp3) is 0. The van der Waals surface area contributed by atoms with Gasteiger partial charge >= 0.3 is 0 Å². The van der Waals surface area contributed by atoms with Gasteiger partial charge in [-0.3, -0.25) is 4.79 Å². The van der Waals surface area contributed by atoms with Gasteiger partial charge in [0.05, 0.1) is 17.9 Å². The predicted octanol–water partition coefficient (Wildman–Crippen LogP) is 3.06. The van der Waals surface area contributed by atoms with Crippen molar-refractivity contribution in [1.29, 1.82) is 5.26 Å². The second kappa shape index (κ2) is 5.35. The Labute approximate surface area is 119 Å². The summed E-state index contributed by atoms with van der Waals surface area (Å²) in [5.74, 6) is 0.478. The minimum absolute atomic E-state index is 0.144. The van der Waals surface area contributed by atoms with Crippen LogP contribution in [0.15, 0.2) is 57.7 Å². The monoisotopic (exact) mass is 279 g/mol. The summed E-state index contributed by atoms with van der Waals surface area (Å²) in [5, 5.41) is 15.1. The third kappa shape index (κ3) is 2.67. The number of carbonyl (C=O) groups is 1. The van der Waals surface area contributed by atoms with E-state index in [-0.39, 0.29) is 5.69 Å². The quantitative estimate of drug-likeness (QED) is 0.795. The maximum Gasteiger partial charge on any atom is 0.277 e. The lowest BCUT2D eigenvalue weighted by atomic mass is 10.2. The second-order valence-electron chi connectivity index (χ2n) is 4.20. The molecule has 0 aliphatic rings. The van der Waals surface area contributed by atoms with Crippen LogP contribution in [-0.4, -0.2) is 11.1 Å². The summed E-state index contributed by atoms with van der Waals surface area (Å²) in [7, 11) is 0. The highest BCUT2D eigenvalue weighted by atomic mass is 16.5. The molecule has 6 nitrogen and oxygen atoms in total. The summed E-state index contributed by atoms with van der Waals surface area (Å²) in [6.45, 7) is 0. The lowest BCUT2D eigenvalue weighted by Gasteiger charge is -2.01. The summed E-state index contributed by atoms with van der Waals surface area (Å²) in [6, 6.07) is 13.5. The lowest BCUT2D eigenvalue weighted by Crippen LogP contribution is -2.11. The fourth-order valence-corrected chi connectivity index (χ4v) is 1.74. The first kappa shape index (κ1) is 12.7. The molecule has 3 aromatic rings. The summed E-state index contributed by atoms with van der Waals surface area (Å²) >= 11 is 0. The maximum atomic E-state index is 12.0. The van der Waals surface area contributed by atoms with Crippen LogP contribution in [0.5, 0.6) is 0 Å². The van der Waals surface area contributed by atoms with Crippen LogP contribution in [0, 0.1) is 11.3 Å². The highest BCUT2D eigenvalue weighted by Crippen LogP contribution is 2.21. The van der Waals surface area contributed by atoms with E-state index in [2.05, 4.69) is 10.5 Å². The molecular formula is C15H9N3O3. The molecule has 0 aliphatic carbocycles. The van der Waals surface area contributed by atoms with E-state index in [1.807, 2.05) is 6.07 Å². The first-order chi connectivity index (χ1) is 10.3. The van der Waals surface area contributed by atoms with Crippen LogP contribution >= 0.6 is 0 Å². The molecule has 6 heteroatoms. The van der Waals surface area contributed by atoms with Crippen LogP contribution in [0.2, 0.25) is 0 Å². The Hall–Kier alpha value is -3.33. The Morgan fingerprint density at radius 2 is 2.00 bits per heavy atom. The van der Waals surface area contributed by atoms with Crippen LogP contribution in [-0.2, 0) is 0 Å². The van der Waals surface area contributed by atoms with Gasteiger partial charge in [0, 0.05) is 11.8 Å². The van der Waals surface area contributed by atoms with E-state index in [1.54, 1.807) is 36.4 Å². The zero-order chi connectivity index (χ0) is 14.7. The number of anilines is 1. The van der Waals surface area contributed by atoms with Gasteiger partial charge in [-0.1, -0.05) is 5.16 Å². The number of furan rings is 1. The van der Waals surface area contributed by atoms with Gasteiger partial charge in [-0.15, -0.1) is 0 Å². The van der Waals surface area contributed by atoms with Crippen molar-refractivity contribution in [2.75, 3.05) is 5.32 Å². The van der Waals surface area contributed by atoms with Crippen molar-refractivity contribution in [3.63, 3.8) is 0 Å². The van der Waals surface area contributed by atoms with Crippen molar-refractivity contribution in [2.45, 2.75) is 0 Å². The first-order valence-corrected chi connectivity index (χ1v) is 6.08. The average Bonchev–Trinajstić information content (AvgIpc) is 3.19. The third-order valence-corrected chi connectivity index (χ3v) is 2.78. The Morgan fingerprint density at radius 3 is 2.67 bits per heavy atom. The van der Waals surface area contributed by atoms with Crippen LogP contribution < -0.4 is 5.32 Å². The van der Waals surface area contributed by atoms with Crippen LogP contribution in [0.1, 0.15) is 16.1 Å². The molecule has 0 fully saturated rings. The van der Waals surface area contributed by atoms with Crippen molar-refractivity contribution in [1.82, 2.24) is 5.16 Å². The van der Waals surface area contributed by atoms with E-state index in [9.17, 15) is 4.79 Å². The highest BCUT2D eigenvalue weighted by Gasteiger charge is 2.15. The molecule has 1 N–H and O–H groups in total. The van der Waals surface area contributed by atoms with Crippen LogP contribution in [0.4, 0.5) is 5.69 Å². The Morgan fingerprint density at radius 1 is 1.19 bits per heavy atom. The molecule has 2 heterocycles. The minimum atomic E-state index is -0.402. The van der Waals surface area contributed by atoms with Gasteiger partial charge in [0.25, 0.3) is 5.91 Å². The molecule has 0 unspecified atom stereocenters. The van der Waals surface area contributed by atoms with E-state index in [0.717, 1.165) is 0 Å². The molecule has 1 aromatic carbocycles. The summed E-state index contributed by atoms with van der Waals surface area (Å²) in [6.07, 6.45) is 1.51. The van der Waals surface area contributed by atoms with Crippen LogP contribution in [0.25, 0.3) is 11.5 Å². The molecule has 102 valence electrons. The molecule has 2 aromatic heterocycles. The predicted molar refractivity (Wildman–Crippen MR) is 73.3 cm³/mol. The topological polar surface area (TPSA) is 92.1 Å². The zero-order valence-electron chi connectivity index (χ0n) is 10.7. The molecule has 0 saturated heterocycles.